The summed E-state index contributed by atoms with van der Waals surface area (Å²) in [5.41, 5.74) is 8.11. The number of nitrogens with two attached hydrogens (primary N) is 1. The van der Waals surface area contributed by atoms with Gasteiger partial charge in [-0.05, 0) is 18.2 Å². The first-order chi connectivity index (χ1) is 13.8. The lowest BCUT2D eigenvalue weighted by molar-refractivity contribution is -0.108. The third kappa shape index (κ3) is 4.61. The van der Waals surface area contributed by atoms with Crippen LogP contribution in [0, 0.1) is 0 Å². The predicted octanol–water partition coefficient (Wildman–Crippen LogP) is 1.97. The van der Waals surface area contributed by atoms with Crippen molar-refractivity contribution in [1.29, 1.82) is 0 Å². The maximum atomic E-state index is 11.8. The van der Waals surface area contributed by atoms with Crippen molar-refractivity contribution in [3.63, 3.8) is 0 Å². The van der Waals surface area contributed by atoms with E-state index in [1.54, 1.807) is 18.2 Å². The number of guanidine groups is 1. The molecule has 29 heavy (non-hydrogen) atoms. The quantitative estimate of drug-likeness (QED) is 0.321. The number of hydrogen-bond acceptors (Lipinski definition) is 6. The van der Waals surface area contributed by atoms with Crippen LogP contribution in [0.15, 0.2) is 53.5 Å². The lowest BCUT2D eigenvalue weighted by Crippen LogP contribution is -2.29. The molecule has 0 aliphatic heterocycles. The van der Waals surface area contributed by atoms with Crippen molar-refractivity contribution in [3.05, 3.63) is 48.5 Å². The molecule has 0 saturated carbocycles. The van der Waals surface area contributed by atoms with Crippen LogP contribution in [0.3, 0.4) is 0 Å². The number of methoxy groups -OCH3 is 1. The minimum absolute atomic E-state index is 0.153. The second kappa shape index (κ2) is 8.15. The van der Waals surface area contributed by atoms with Crippen LogP contribution in [0.2, 0.25) is 0 Å². The van der Waals surface area contributed by atoms with Crippen molar-refractivity contribution >= 4 is 44.7 Å². The first-order valence-corrected chi connectivity index (χ1v) is 10.3. The Morgan fingerprint density at radius 2 is 1.93 bits per heavy atom. The first-order valence-electron chi connectivity index (χ1n) is 8.41. The predicted molar refractivity (Wildman–Crippen MR) is 113 cm³/mol. The molecule has 0 aliphatic rings. The number of ether oxygens (including phenoxy) is 1. The highest BCUT2D eigenvalue weighted by molar-refractivity contribution is 7.92. The number of amides is 1. The molecule has 0 saturated heterocycles. The molecule has 2 aromatic carbocycles. The molecule has 0 radical (unpaired) electrons. The summed E-state index contributed by atoms with van der Waals surface area (Å²) in [6, 6.07) is 14.2. The summed E-state index contributed by atoms with van der Waals surface area (Å²) in [7, 11) is -2.09. The number of pyridine rings is 1. The summed E-state index contributed by atoms with van der Waals surface area (Å²) < 4.78 is 31.6. The smallest absolute Gasteiger partial charge is 0.229 e. The fourth-order valence-corrected chi connectivity index (χ4v) is 3.38. The molecule has 1 aromatic heterocycles. The molecule has 150 valence electrons. The summed E-state index contributed by atoms with van der Waals surface area (Å²) in [6.45, 7) is 0. The van der Waals surface area contributed by atoms with Gasteiger partial charge < -0.3 is 10.5 Å². The second-order valence-electron chi connectivity index (χ2n) is 6.07. The largest absolute Gasteiger partial charge is 0.494 e. The number of carbonyl (C=O) groups is 1. The Hall–Kier alpha value is -3.66. The fraction of sp³-hybridized carbons (Fsp3) is 0.105. The lowest BCUT2D eigenvalue weighted by Gasteiger charge is -2.15. The number of carbonyl (C=O) groups excluding carboxylic acids is 1. The number of benzene rings is 2. The van der Waals surface area contributed by atoms with E-state index in [-0.39, 0.29) is 11.6 Å². The summed E-state index contributed by atoms with van der Waals surface area (Å²) in [5, 5.41) is 2.65. The van der Waals surface area contributed by atoms with Crippen LogP contribution in [0.1, 0.15) is 0 Å². The van der Waals surface area contributed by atoms with Gasteiger partial charge in [-0.1, -0.05) is 30.3 Å². The number of aromatic nitrogens is 1. The highest BCUT2D eigenvalue weighted by Gasteiger charge is 2.17. The summed E-state index contributed by atoms with van der Waals surface area (Å²) in [5.74, 6) is 0.273. The molecule has 1 amide bonds. The summed E-state index contributed by atoms with van der Waals surface area (Å²) in [6.07, 6.45) is 1.44. The van der Waals surface area contributed by atoms with E-state index >= 15 is 0 Å². The number of rotatable bonds is 6. The van der Waals surface area contributed by atoms with Gasteiger partial charge in [-0.15, -0.1) is 0 Å². The molecule has 3 rings (SSSR count). The molecule has 0 atom stereocenters. The van der Waals surface area contributed by atoms with Gasteiger partial charge in [0.2, 0.25) is 16.4 Å². The number of anilines is 1. The van der Waals surface area contributed by atoms with Crippen LogP contribution in [-0.4, -0.2) is 39.1 Å². The van der Waals surface area contributed by atoms with Crippen molar-refractivity contribution < 1.29 is 17.9 Å². The average molecular weight is 413 g/mol. The van der Waals surface area contributed by atoms with E-state index in [4.69, 9.17) is 10.5 Å². The van der Waals surface area contributed by atoms with Gasteiger partial charge in [0, 0.05) is 5.56 Å². The Bertz CT molecular complexity index is 1190. The van der Waals surface area contributed by atoms with E-state index < -0.39 is 10.0 Å². The molecule has 1 heterocycles. The van der Waals surface area contributed by atoms with Gasteiger partial charge in [0.25, 0.3) is 0 Å². The van der Waals surface area contributed by atoms with E-state index in [9.17, 15) is 13.2 Å². The minimum Gasteiger partial charge on any atom is -0.494 e. The zero-order valence-electron chi connectivity index (χ0n) is 15.7. The molecule has 0 unspecified atom stereocenters. The molecule has 0 fully saturated rings. The van der Waals surface area contributed by atoms with Gasteiger partial charge in [-0.3, -0.25) is 14.8 Å². The van der Waals surface area contributed by atoms with Crippen LogP contribution in [0.5, 0.6) is 5.75 Å². The maximum absolute atomic E-state index is 11.8. The van der Waals surface area contributed by atoms with Gasteiger partial charge in [-0.2, -0.15) is 0 Å². The minimum atomic E-state index is -3.58. The zero-order chi connectivity index (χ0) is 21.0. The molecule has 3 aromatic rings. The zero-order valence-corrected chi connectivity index (χ0v) is 16.5. The topological polar surface area (TPSA) is 136 Å². The van der Waals surface area contributed by atoms with E-state index in [1.807, 2.05) is 30.3 Å². The standard InChI is InChI=1S/C19H19N5O4S/c1-28-16-9-8-13(24-29(2,26)27)17-15(23-19(20)21-11-25)10-14(22-18(16)17)12-6-4-3-5-7-12/h3-11,24H,1-2H3,(H3,20,21,22,23,25). The average Bonchev–Trinajstić information content (AvgIpc) is 2.67. The molecule has 10 heteroatoms. The van der Waals surface area contributed by atoms with Crippen LogP contribution < -0.4 is 20.5 Å². The molecular weight excluding hydrogens is 394 g/mol. The highest BCUT2D eigenvalue weighted by atomic mass is 32.2. The second-order valence-corrected chi connectivity index (χ2v) is 7.81. The highest BCUT2D eigenvalue weighted by Crippen LogP contribution is 2.39. The normalized spacial score (nSPS) is 11.9. The van der Waals surface area contributed by atoms with Crippen molar-refractivity contribution in [2.24, 2.45) is 10.7 Å². The Morgan fingerprint density at radius 1 is 1.21 bits per heavy atom. The molecule has 0 aliphatic carbocycles. The fourth-order valence-electron chi connectivity index (χ4n) is 2.81. The number of sulfonamides is 1. The number of fused-ring (bicyclic) bond motifs is 1. The van der Waals surface area contributed by atoms with Crippen LogP contribution in [0.4, 0.5) is 11.4 Å². The summed E-state index contributed by atoms with van der Waals surface area (Å²) in [4.78, 5) is 19.6. The molecule has 0 bridgehead atoms. The van der Waals surface area contributed by atoms with E-state index in [0.29, 0.717) is 34.4 Å². The number of aliphatic imine (C=N–C) groups is 1. The number of hydrogen-bond donors (Lipinski definition) is 3. The van der Waals surface area contributed by atoms with Crippen LogP contribution in [0.25, 0.3) is 22.2 Å². The lowest BCUT2D eigenvalue weighted by atomic mass is 10.1. The summed E-state index contributed by atoms with van der Waals surface area (Å²) >= 11 is 0. The molecule has 9 nitrogen and oxygen atoms in total. The third-order valence-corrected chi connectivity index (χ3v) is 4.53. The van der Waals surface area contributed by atoms with Crippen molar-refractivity contribution in [2.75, 3.05) is 18.1 Å². The molecule has 0 spiro atoms. The van der Waals surface area contributed by atoms with Crippen molar-refractivity contribution in [2.45, 2.75) is 0 Å². The van der Waals surface area contributed by atoms with Gasteiger partial charge in [-0.25, -0.2) is 18.4 Å². The molecule has 4 N–H and O–H groups in total. The van der Waals surface area contributed by atoms with Gasteiger partial charge in [0.1, 0.15) is 11.3 Å². The number of nitrogens with zero attached hydrogens (tertiary/aromatic N) is 2. The van der Waals surface area contributed by atoms with Crippen LogP contribution >= 0.6 is 0 Å². The Labute approximate surface area is 167 Å². The molecular formula is C19H19N5O4S. The Balaban J connectivity index is 2.39. The first kappa shape index (κ1) is 20.1. The van der Waals surface area contributed by atoms with Crippen molar-refractivity contribution in [3.8, 4) is 17.0 Å². The Kier molecular flexibility index (Phi) is 5.64. The number of nitrogens with one attached hydrogen (secondary N) is 2. The Morgan fingerprint density at radius 3 is 2.55 bits per heavy atom. The van der Waals surface area contributed by atoms with E-state index in [2.05, 4.69) is 20.0 Å². The van der Waals surface area contributed by atoms with E-state index in [1.165, 1.54) is 7.11 Å². The van der Waals surface area contributed by atoms with Crippen molar-refractivity contribution in [1.82, 2.24) is 10.3 Å². The maximum Gasteiger partial charge on any atom is 0.229 e. The SMILES string of the molecule is COc1ccc(NS(C)(=O)=O)c2c(N=C(N)NC=O)cc(-c3ccccc3)nc12. The van der Waals surface area contributed by atoms with Gasteiger partial charge in [0.05, 0.1) is 35.8 Å². The van der Waals surface area contributed by atoms with E-state index in [0.717, 1.165) is 11.8 Å². The van der Waals surface area contributed by atoms with Gasteiger partial charge in [0.15, 0.2) is 5.96 Å². The third-order valence-electron chi connectivity index (χ3n) is 3.94. The monoisotopic (exact) mass is 413 g/mol. The van der Waals surface area contributed by atoms with Crippen LogP contribution in [-0.2, 0) is 14.8 Å². The van der Waals surface area contributed by atoms with Gasteiger partial charge >= 0.3 is 0 Å².